The number of anilines is 2. The molecule has 0 saturated heterocycles. The second kappa shape index (κ2) is 8.76. The minimum Gasteiger partial charge on any atom is -0.322 e. The molecule has 1 heterocycles. The third-order valence-corrected chi connectivity index (χ3v) is 4.83. The van der Waals surface area contributed by atoms with Crippen LogP contribution in [0.15, 0.2) is 73.1 Å². The minimum absolute atomic E-state index is 0.335. The second-order valence-corrected chi connectivity index (χ2v) is 7.15. The van der Waals surface area contributed by atoms with E-state index in [1.54, 1.807) is 66.7 Å². The summed E-state index contributed by atoms with van der Waals surface area (Å²) in [5.41, 5.74) is 3.39. The predicted molar refractivity (Wildman–Crippen MR) is 118 cm³/mol. The fourth-order valence-electron chi connectivity index (χ4n) is 3.04. The van der Waals surface area contributed by atoms with E-state index in [1.165, 1.54) is 11.0 Å². The molecule has 31 heavy (non-hydrogen) atoms. The van der Waals surface area contributed by atoms with Crippen molar-refractivity contribution in [1.82, 2.24) is 20.2 Å². The lowest BCUT2D eigenvalue weighted by molar-refractivity contribution is 0.102. The SMILES string of the molecule is Cc1cc(C(=O)Nc2ccccc2C(=O)Nc2ccc(Cl)cc2)ccc1-n1cnnn1. The number of halogens is 1. The maximum atomic E-state index is 12.8. The van der Waals surface area contributed by atoms with Gasteiger partial charge in [0.25, 0.3) is 11.8 Å². The molecule has 0 saturated carbocycles. The Morgan fingerprint density at radius 2 is 1.71 bits per heavy atom. The van der Waals surface area contributed by atoms with Gasteiger partial charge in [-0.1, -0.05) is 23.7 Å². The molecule has 154 valence electrons. The molecule has 0 aliphatic rings. The first kappa shape index (κ1) is 20.2. The average molecular weight is 433 g/mol. The molecule has 8 nitrogen and oxygen atoms in total. The zero-order valence-corrected chi connectivity index (χ0v) is 17.2. The van der Waals surface area contributed by atoms with Gasteiger partial charge in [-0.2, -0.15) is 0 Å². The quantitative estimate of drug-likeness (QED) is 0.493. The Morgan fingerprint density at radius 3 is 2.42 bits per heavy atom. The van der Waals surface area contributed by atoms with Crippen LogP contribution < -0.4 is 10.6 Å². The largest absolute Gasteiger partial charge is 0.322 e. The molecule has 2 amide bonds. The average Bonchev–Trinajstić information content (AvgIpc) is 3.30. The molecule has 0 aliphatic heterocycles. The number of amides is 2. The summed E-state index contributed by atoms with van der Waals surface area (Å²) in [5, 5.41) is 17.3. The van der Waals surface area contributed by atoms with Gasteiger partial charge in [-0.05, 0) is 77.5 Å². The highest BCUT2D eigenvalue weighted by Crippen LogP contribution is 2.21. The minimum atomic E-state index is -0.344. The van der Waals surface area contributed by atoms with Gasteiger partial charge in [-0.3, -0.25) is 9.59 Å². The van der Waals surface area contributed by atoms with Crippen molar-refractivity contribution in [3.8, 4) is 5.69 Å². The summed E-state index contributed by atoms with van der Waals surface area (Å²) >= 11 is 5.88. The molecule has 2 N–H and O–H groups in total. The molecule has 0 radical (unpaired) electrons. The van der Waals surface area contributed by atoms with Gasteiger partial charge in [-0.15, -0.1) is 5.10 Å². The van der Waals surface area contributed by atoms with Gasteiger partial charge in [0.2, 0.25) is 0 Å². The summed E-state index contributed by atoms with van der Waals surface area (Å²) < 4.78 is 1.52. The molecule has 0 fully saturated rings. The topological polar surface area (TPSA) is 102 Å². The van der Waals surface area contributed by atoms with Crippen molar-refractivity contribution < 1.29 is 9.59 Å². The van der Waals surface area contributed by atoms with Crippen molar-refractivity contribution >= 4 is 34.8 Å². The number of para-hydroxylation sites is 1. The number of benzene rings is 3. The Hall–Kier alpha value is -4.04. The zero-order valence-electron chi connectivity index (χ0n) is 16.4. The van der Waals surface area contributed by atoms with Crippen LogP contribution in [-0.4, -0.2) is 32.0 Å². The van der Waals surface area contributed by atoms with Crippen LogP contribution in [0.4, 0.5) is 11.4 Å². The first-order chi connectivity index (χ1) is 15.0. The second-order valence-electron chi connectivity index (χ2n) is 6.72. The standard InChI is InChI=1S/C22H17ClN6O2/c1-14-12-15(6-11-20(14)29-13-24-27-28-29)21(30)26-19-5-3-2-4-18(19)22(31)25-17-9-7-16(23)8-10-17/h2-13H,1H3,(H,25,31)(H,26,30). The smallest absolute Gasteiger partial charge is 0.257 e. The third kappa shape index (κ3) is 4.59. The third-order valence-electron chi connectivity index (χ3n) is 4.58. The molecular weight excluding hydrogens is 416 g/mol. The van der Waals surface area contributed by atoms with Crippen LogP contribution in [0.3, 0.4) is 0 Å². The van der Waals surface area contributed by atoms with Crippen LogP contribution >= 0.6 is 11.6 Å². The molecular formula is C22H17ClN6O2. The van der Waals surface area contributed by atoms with Crippen LogP contribution in [0.2, 0.25) is 5.02 Å². The van der Waals surface area contributed by atoms with E-state index in [0.717, 1.165) is 11.3 Å². The van der Waals surface area contributed by atoms with Crippen LogP contribution in [0, 0.1) is 6.92 Å². The molecule has 0 unspecified atom stereocenters. The number of hydrogen-bond donors (Lipinski definition) is 2. The highest BCUT2D eigenvalue weighted by Gasteiger charge is 2.15. The van der Waals surface area contributed by atoms with E-state index in [0.29, 0.717) is 27.5 Å². The van der Waals surface area contributed by atoms with Crippen molar-refractivity contribution in [2.45, 2.75) is 6.92 Å². The lowest BCUT2D eigenvalue weighted by atomic mass is 10.1. The number of rotatable bonds is 5. The Bertz CT molecular complexity index is 1240. The highest BCUT2D eigenvalue weighted by atomic mass is 35.5. The Kier molecular flexibility index (Phi) is 5.72. The van der Waals surface area contributed by atoms with E-state index in [1.807, 2.05) is 6.92 Å². The van der Waals surface area contributed by atoms with Crippen molar-refractivity contribution in [3.63, 3.8) is 0 Å². The highest BCUT2D eigenvalue weighted by molar-refractivity contribution is 6.30. The van der Waals surface area contributed by atoms with E-state index < -0.39 is 0 Å². The van der Waals surface area contributed by atoms with Crippen LogP contribution in [-0.2, 0) is 0 Å². The number of tetrazole rings is 1. The molecule has 1 aromatic heterocycles. The summed E-state index contributed by atoms with van der Waals surface area (Å²) in [6.45, 7) is 1.86. The van der Waals surface area contributed by atoms with Gasteiger partial charge in [0.15, 0.2) is 0 Å². The maximum Gasteiger partial charge on any atom is 0.257 e. The maximum absolute atomic E-state index is 12.8. The van der Waals surface area contributed by atoms with Crippen molar-refractivity contribution in [1.29, 1.82) is 0 Å². The van der Waals surface area contributed by atoms with Gasteiger partial charge in [0.05, 0.1) is 16.9 Å². The van der Waals surface area contributed by atoms with E-state index in [2.05, 4.69) is 26.2 Å². The summed E-state index contributed by atoms with van der Waals surface area (Å²) in [6, 6.07) is 18.8. The fraction of sp³-hybridized carbons (Fsp3) is 0.0455. The Labute approximate surface area is 182 Å². The number of aromatic nitrogens is 4. The summed E-state index contributed by atoms with van der Waals surface area (Å²) in [4.78, 5) is 25.6. The van der Waals surface area contributed by atoms with Crippen molar-refractivity contribution in [2.75, 3.05) is 10.6 Å². The lowest BCUT2D eigenvalue weighted by Crippen LogP contribution is -2.18. The van der Waals surface area contributed by atoms with E-state index in [-0.39, 0.29) is 11.8 Å². The van der Waals surface area contributed by atoms with Gasteiger partial charge in [-0.25, -0.2) is 4.68 Å². The van der Waals surface area contributed by atoms with Crippen molar-refractivity contribution in [2.24, 2.45) is 0 Å². The first-order valence-corrected chi connectivity index (χ1v) is 9.70. The molecule has 4 aromatic rings. The number of aryl methyl sites for hydroxylation is 1. The monoisotopic (exact) mass is 432 g/mol. The molecule has 0 spiro atoms. The molecule has 4 rings (SSSR count). The number of hydrogen-bond acceptors (Lipinski definition) is 5. The summed E-state index contributed by atoms with van der Waals surface area (Å²) in [6.07, 6.45) is 1.48. The van der Waals surface area contributed by atoms with Gasteiger partial charge < -0.3 is 10.6 Å². The van der Waals surface area contributed by atoms with Crippen LogP contribution in [0.25, 0.3) is 5.69 Å². The first-order valence-electron chi connectivity index (χ1n) is 9.32. The summed E-state index contributed by atoms with van der Waals surface area (Å²) in [7, 11) is 0. The fourth-order valence-corrected chi connectivity index (χ4v) is 3.17. The van der Waals surface area contributed by atoms with Crippen LogP contribution in [0.5, 0.6) is 0 Å². The number of nitrogens with one attached hydrogen (secondary N) is 2. The zero-order chi connectivity index (χ0) is 21.8. The van der Waals surface area contributed by atoms with Gasteiger partial charge >= 0.3 is 0 Å². The number of nitrogens with zero attached hydrogens (tertiary/aromatic N) is 4. The predicted octanol–water partition coefficient (Wildman–Crippen LogP) is 4.13. The summed E-state index contributed by atoms with van der Waals surface area (Å²) in [5.74, 6) is -0.679. The number of carbonyl (C=O) groups is 2. The molecule has 0 atom stereocenters. The Morgan fingerprint density at radius 1 is 0.935 bits per heavy atom. The molecule has 3 aromatic carbocycles. The van der Waals surface area contributed by atoms with E-state index >= 15 is 0 Å². The normalized spacial score (nSPS) is 10.5. The van der Waals surface area contributed by atoms with Gasteiger partial charge in [0, 0.05) is 16.3 Å². The molecule has 0 aliphatic carbocycles. The van der Waals surface area contributed by atoms with Crippen molar-refractivity contribution in [3.05, 3.63) is 94.8 Å². The van der Waals surface area contributed by atoms with Gasteiger partial charge in [0.1, 0.15) is 6.33 Å². The lowest BCUT2D eigenvalue weighted by Gasteiger charge is -2.12. The molecule has 9 heteroatoms. The van der Waals surface area contributed by atoms with E-state index in [9.17, 15) is 9.59 Å². The Balaban J connectivity index is 1.53. The number of carbonyl (C=O) groups excluding carboxylic acids is 2. The molecule has 0 bridgehead atoms. The van der Waals surface area contributed by atoms with Crippen LogP contribution in [0.1, 0.15) is 26.3 Å². The van der Waals surface area contributed by atoms with E-state index in [4.69, 9.17) is 11.6 Å².